The summed E-state index contributed by atoms with van der Waals surface area (Å²) in [6, 6.07) is 0. The molecule has 0 atom stereocenters. The third-order valence-electron chi connectivity index (χ3n) is 2.23. The van der Waals surface area contributed by atoms with E-state index in [2.05, 4.69) is 0 Å². The number of carbonyl (C=O) groups is 1. The van der Waals surface area contributed by atoms with Crippen molar-refractivity contribution in [1.82, 2.24) is 0 Å². The Morgan fingerprint density at radius 1 is 1.55 bits per heavy atom. The number of ether oxygens (including phenoxy) is 1. The van der Waals surface area contributed by atoms with Gasteiger partial charge in [-0.15, -0.1) is 0 Å². The number of esters is 1. The van der Waals surface area contributed by atoms with E-state index in [0.717, 1.165) is 19.3 Å². The highest BCUT2D eigenvalue weighted by Gasteiger charge is 2.33. The van der Waals surface area contributed by atoms with Gasteiger partial charge in [0, 0.05) is 0 Å². The highest BCUT2D eigenvalue weighted by atomic mass is 16.5. The van der Waals surface area contributed by atoms with Crippen molar-refractivity contribution in [3.8, 4) is 0 Å². The maximum Gasteiger partial charge on any atom is 0.311 e. The Morgan fingerprint density at radius 2 is 2.09 bits per heavy atom. The van der Waals surface area contributed by atoms with Crippen LogP contribution in [0.3, 0.4) is 0 Å². The van der Waals surface area contributed by atoms with Crippen LogP contribution < -0.4 is 0 Å². The van der Waals surface area contributed by atoms with Gasteiger partial charge in [0.1, 0.15) is 6.10 Å². The number of hydrogen-bond acceptors (Lipinski definition) is 2. The lowest BCUT2D eigenvalue weighted by Crippen LogP contribution is -2.26. The molecule has 0 aliphatic heterocycles. The minimum Gasteiger partial charge on any atom is -0.462 e. The summed E-state index contributed by atoms with van der Waals surface area (Å²) in [6.07, 6.45) is 3.21. The van der Waals surface area contributed by atoms with Crippen molar-refractivity contribution in [2.45, 2.75) is 46.1 Å². The van der Waals surface area contributed by atoms with Crippen LogP contribution in [0.25, 0.3) is 0 Å². The van der Waals surface area contributed by atoms with Crippen molar-refractivity contribution in [3.05, 3.63) is 0 Å². The van der Waals surface area contributed by atoms with Gasteiger partial charge in [-0.2, -0.15) is 0 Å². The fourth-order valence-corrected chi connectivity index (χ4v) is 0.641. The van der Waals surface area contributed by atoms with Gasteiger partial charge in [0.2, 0.25) is 0 Å². The van der Waals surface area contributed by atoms with E-state index in [4.69, 9.17) is 4.74 Å². The second-order valence-corrected chi connectivity index (χ2v) is 3.84. The molecule has 0 unspecified atom stereocenters. The largest absolute Gasteiger partial charge is 0.462 e. The number of carbonyl (C=O) groups excluding carboxylic acids is 1. The van der Waals surface area contributed by atoms with Crippen LogP contribution in [0.5, 0.6) is 0 Å². The minimum atomic E-state index is -0.289. The Labute approximate surface area is 67.9 Å². The Morgan fingerprint density at radius 3 is 2.45 bits per heavy atom. The molecule has 0 aromatic carbocycles. The van der Waals surface area contributed by atoms with Crippen LogP contribution in [-0.2, 0) is 9.53 Å². The number of rotatable bonds is 3. The SMILES string of the molecule is CCC(C)(C)C(=O)OC1CC1. The van der Waals surface area contributed by atoms with E-state index in [1.807, 2.05) is 20.8 Å². The van der Waals surface area contributed by atoms with Gasteiger partial charge in [-0.05, 0) is 33.1 Å². The lowest BCUT2D eigenvalue weighted by molar-refractivity contribution is -0.155. The molecule has 0 spiro atoms. The highest BCUT2D eigenvalue weighted by Crippen LogP contribution is 2.29. The molecule has 1 rings (SSSR count). The normalized spacial score (nSPS) is 18.1. The predicted molar refractivity (Wildman–Crippen MR) is 43.2 cm³/mol. The van der Waals surface area contributed by atoms with Gasteiger partial charge in [-0.25, -0.2) is 0 Å². The van der Waals surface area contributed by atoms with Crippen molar-refractivity contribution in [3.63, 3.8) is 0 Å². The molecule has 0 heterocycles. The zero-order valence-electron chi connectivity index (χ0n) is 7.52. The van der Waals surface area contributed by atoms with E-state index < -0.39 is 0 Å². The fourth-order valence-electron chi connectivity index (χ4n) is 0.641. The van der Waals surface area contributed by atoms with Gasteiger partial charge in [0.05, 0.1) is 5.41 Å². The zero-order chi connectivity index (χ0) is 8.48. The van der Waals surface area contributed by atoms with Crippen molar-refractivity contribution in [1.29, 1.82) is 0 Å². The first kappa shape index (κ1) is 8.57. The summed E-state index contributed by atoms with van der Waals surface area (Å²) in [5, 5.41) is 0. The summed E-state index contributed by atoms with van der Waals surface area (Å²) >= 11 is 0. The van der Waals surface area contributed by atoms with Gasteiger partial charge < -0.3 is 4.74 Å². The second-order valence-electron chi connectivity index (χ2n) is 3.84. The molecule has 1 aliphatic carbocycles. The average Bonchev–Trinajstić information content (AvgIpc) is 2.72. The van der Waals surface area contributed by atoms with Crippen molar-refractivity contribution in [2.24, 2.45) is 5.41 Å². The molecule has 0 amide bonds. The molecule has 0 bridgehead atoms. The molecule has 1 saturated carbocycles. The van der Waals surface area contributed by atoms with Crippen molar-refractivity contribution < 1.29 is 9.53 Å². The summed E-state index contributed by atoms with van der Waals surface area (Å²) in [7, 11) is 0. The lowest BCUT2D eigenvalue weighted by atomic mass is 9.91. The van der Waals surface area contributed by atoms with Crippen LogP contribution in [0, 0.1) is 5.41 Å². The van der Waals surface area contributed by atoms with Gasteiger partial charge in [0.15, 0.2) is 0 Å². The molecule has 64 valence electrons. The quantitative estimate of drug-likeness (QED) is 0.585. The van der Waals surface area contributed by atoms with E-state index in [1.54, 1.807) is 0 Å². The van der Waals surface area contributed by atoms with Crippen LogP contribution >= 0.6 is 0 Å². The molecular weight excluding hydrogens is 140 g/mol. The Balaban J connectivity index is 2.37. The van der Waals surface area contributed by atoms with E-state index in [1.165, 1.54) is 0 Å². The first-order chi connectivity index (χ1) is 5.06. The standard InChI is InChI=1S/C9H16O2/c1-4-9(2,3)8(10)11-7-5-6-7/h7H,4-6H2,1-3H3. The van der Waals surface area contributed by atoms with Gasteiger partial charge >= 0.3 is 5.97 Å². The molecular formula is C9H16O2. The molecule has 0 saturated heterocycles. The Hall–Kier alpha value is -0.530. The third kappa shape index (κ3) is 2.21. The third-order valence-corrected chi connectivity index (χ3v) is 2.23. The fraction of sp³-hybridized carbons (Fsp3) is 0.889. The molecule has 0 N–H and O–H groups in total. The molecule has 0 aromatic rings. The van der Waals surface area contributed by atoms with Crippen LogP contribution in [0.4, 0.5) is 0 Å². The first-order valence-electron chi connectivity index (χ1n) is 4.27. The van der Waals surface area contributed by atoms with Crippen molar-refractivity contribution >= 4 is 5.97 Å². The van der Waals surface area contributed by atoms with Crippen LogP contribution in [0.15, 0.2) is 0 Å². The van der Waals surface area contributed by atoms with Gasteiger partial charge in [0.25, 0.3) is 0 Å². The molecule has 1 aliphatic rings. The van der Waals surface area contributed by atoms with Gasteiger partial charge in [-0.1, -0.05) is 6.92 Å². The summed E-state index contributed by atoms with van der Waals surface area (Å²) in [4.78, 5) is 11.3. The van der Waals surface area contributed by atoms with Crippen LogP contribution in [0.2, 0.25) is 0 Å². The lowest BCUT2D eigenvalue weighted by Gasteiger charge is -2.19. The summed E-state index contributed by atoms with van der Waals surface area (Å²) in [5.74, 6) is -0.0394. The number of hydrogen-bond donors (Lipinski definition) is 0. The van der Waals surface area contributed by atoms with E-state index >= 15 is 0 Å². The van der Waals surface area contributed by atoms with Crippen LogP contribution in [0.1, 0.15) is 40.0 Å². The predicted octanol–water partition coefficient (Wildman–Crippen LogP) is 2.13. The van der Waals surface area contributed by atoms with Crippen molar-refractivity contribution in [2.75, 3.05) is 0 Å². The first-order valence-corrected chi connectivity index (χ1v) is 4.27. The summed E-state index contributed by atoms with van der Waals surface area (Å²) in [5.41, 5.74) is -0.289. The molecule has 0 radical (unpaired) electrons. The summed E-state index contributed by atoms with van der Waals surface area (Å²) in [6.45, 7) is 5.86. The monoisotopic (exact) mass is 156 g/mol. The Bertz CT molecular complexity index is 157. The average molecular weight is 156 g/mol. The molecule has 2 nitrogen and oxygen atoms in total. The molecule has 0 aromatic heterocycles. The maximum atomic E-state index is 11.3. The molecule has 11 heavy (non-hydrogen) atoms. The second kappa shape index (κ2) is 2.84. The smallest absolute Gasteiger partial charge is 0.311 e. The summed E-state index contributed by atoms with van der Waals surface area (Å²) < 4.78 is 5.18. The van der Waals surface area contributed by atoms with Gasteiger partial charge in [-0.3, -0.25) is 4.79 Å². The molecule has 2 heteroatoms. The Kier molecular flexibility index (Phi) is 2.21. The molecule has 1 fully saturated rings. The van der Waals surface area contributed by atoms with E-state index in [-0.39, 0.29) is 17.5 Å². The van der Waals surface area contributed by atoms with Crippen LogP contribution in [-0.4, -0.2) is 12.1 Å². The topological polar surface area (TPSA) is 26.3 Å². The highest BCUT2D eigenvalue weighted by molar-refractivity contribution is 5.76. The zero-order valence-corrected chi connectivity index (χ0v) is 7.52. The maximum absolute atomic E-state index is 11.3. The van der Waals surface area contributed by atoms with E-state index in [9.17, 15) is 4.79 Å². The minimum absolute atomic E-state index is 0.0394. The van der Waals surface area contributed by atoms with E-state index in [0.29, 0.717) is 0 Å².